The molecule has 4 aromatic heterocycles. The van der Waals surface area contributed by atoms with Crippen molar-refractivity contribution in [1.29, 1.82) is 0 Å². The normalized spacial score (nSPS) is 13.1. The predicted molar refractivity (Wildman–Crippen MR) is 310 cm³/mol. The number of benzene rings is 11. The first-order valence-electron chi connectivity index (χ1n) is 26.1. The van der Waals surface area contributed by atoms with Crippen LogP contribution in [0.5, 0.6) is 11.5 Å². The number of hydrogen-bond acceptors (Lipinski definition) is 5. The van der Waals surface area contributed by atoms with Crippen LogP contribution in [0.1, 0.15) is 22.3 Å². The van der Waals surface area contributed by atoms with Gasteiger partial charge in [-0.1, -0.05) is 170 Å². The molecule has 1 aliphatic heterocycles. The number of ether oxygens (including phenoxy) is 1. The van der Waals surface area contributed by atoms with Crippen molar-refractivity contribution >= 4 is 65.7 Å². The Bertz CT molecular complexity index is 4940. The second-order valence-electron chi connectivity index (χ2n) is 20.3. The molecule has 11 aromatic carbocycles. The first kappa shape index (κ1) is 42.1. The Morgan fingerprint density at radius 1 is 0.312 bits per heavy atom. The second kappa shape index (κ2) is 15.9. The second-order valence-corrected chi connectivity index (χ2v) is 20.3. The molecule has 0 atom stereocenters. The van der Waals surface area contributed by atoms with E-state index >= 15 is 0 Å². The fraction of sp³-hybridized carbons (Fsp3) is 0.0141. The summed E-state index contributed by atoms with van der Waals surface area (Å²) >= 11 is 0. The highest BCUT2D eigenvalue weighted by Crippen LogP contribution is 2.62. The van der Waals surface area contributed by atoms with Crippen LogP contribution in [0, 0.1) is 0 Å². The Kier molecular flexibility index (Phi) is 8.67. The summed E-state index contributed by atoms with van der Waals surface area (Å²) < 4.78 is 21.7. The first-order valence-corrected chi connectivity index (χ1v) is 26.1. The van der Waals surface area contributed by atoms with E-state index in [4.69, 9.17) is 23.5 Å². The number of furan rings is 2. The van der Waals surface area contributed by atoms with Gasteiger partial charge in [-0.25, -0.2) is 9.97 Å². The fourth-order valence-corrected chi connectivity index (χ4v) is 13.0. The highest BCUT2D eigenvalue weighted by atomic mass is 16.5. The van der Waals surface area contributed by atoms with Gasteiger partial charge in [0, 0.05) is 54.6 Å². The molecule has 15 aromatic rings. The molecule has 6 nitrogen and oxygen atoms in total. The summed E-state index contributed by atoms with van der Waals surface area (Å²) in [6, 6.07) is 88.5. The minimum atomic E-state index is -0.597. The highest BCUT2D eigenvalue weighted by molar-refractivity contribution is 6.15. The van der Waals surface area contributed by atoms with Crippen molar-refractivity contribution in [3.8, 4) is 73.3 Å². The van der Waals surface area contributed by atoms with E-state index in [1.807, 2.05) is 30.3 Å². The summed E-state index contributed by atoms with van der Waals surface area (Å²) in [5, 5.41) is 6.49. The van der Waals surface area contributed by atoms with Crippen LogP contribution < -0.4 is 4.74 Å². The van der Waals surface area contributed by atoms with Gasteiger partial charge < -0.3 is 13.6 Å². The van der Waals surface area contributed by atoms with Crippen LogP contribution in [-0.2, 0) is 5.41 Å². The Morgan fingerprint density at radius 3 is 1.73 bits per heavy atom. The number of aromatic nitrogens is 3. The third-order valence-electron chi connectivity index (χ3n) is 16.3. The summed E-state index contributed by atoms with van der Waals surface area (Å²) in [7, 11) is 0. The minimum Gasteiger partial charge on any atom is -0.457 e. The Labute approximate surface area is 441 Å². The average molecular weight is 984 g/mol. The zero-order chi connectivity index (χ0) is 50.3. The van der Waals surface area contributed by atoms with Crippen LogP contribution in [0.15, 0.2) is 258 Å². The number of fused-ring (bicyclic) bond motifs is 18. The van der Waals surface area contributed by atoms with Crippen molar-refractivity contribution in [3.05, 3.63) is 271 Å². The van der Waals surface area contributed by atoms with Crippen molar-refractivity contribution < 1.29 is 13.6 Å². The van der Waals surface area contributed by atoms with Gasteiger partial charge in [0.15, 0.2) is 0 Å². The molecule has 0 amide bonds. The lowest BCUT2D eigenvalue weighted by Gasteiger charge is -2.39. The molecule has 77 heavy (non-hydrogen) atoms. The van der Waals surface area contributed by atoms with Gasteiger partial charge in [-0.05, 0) is 123 Å². The zero-order valence-corrected chi connectivity index (χ0v) is 41.2. The summed E-state index contributed by atoms with van der Waals surface area (Å²) in [4.78, 5) is 11.1. The fourth-order valence-electron chi connectivity index (χ4n) is 13.0. The molecule has 0 saturated heterocycles. The third kappa shape index (κ3) is 6.01. The molecule has 0 fully saturated rings. The molecule has 0 unspecified atom stereocenters. The van der Waals surface area contributed by atoms with E-state index in [0.717, 1.165) is 133 Å². The maximum absolute atomic E-state index is 6.70. The van der Waals surface area contributed by atoms with Gasteiger partial charge in [-0.3, -0.25) is 4.57 Å². The Hall–Kier alpha value is -10.3. The number of para-hydroxylation sites is 4. The van der Waals surface area contributed by atoms with Gasteiger partial charge in [0.25, 0.3) is 0 Å². The monoisotopic (exact) mass is 983 g/mol. The van der Waals surface area contributed by atoms with Gasteiger partial charge in [-0.2, -0.15) is 0 Å². The lowest BCUT2D eigenvalue weighted by Crippen LogP contribution is -2.32. The molecular formula is C71H41N3O3. The number of rotatable bonds is 5. The molecule has 0 N–H and O–H groups in total. The summed E-state index contributed by atoms with van der Waals surface area (Å²) in [5.74, 6) is 2.32. The third-order valence-corrected chi connectivity index (χ3v) is 16.3. The summed E-state index contributed by atoms with van der Waals surface area (Å²) in [5.41, 5.74) is 20.0. The molecule has 1 aliphatic carbocycles. The van der Waals surface area contributed by atoms with E-state index < -0.39 is 5.41 Å². The lowest BCUT2D eigenvalue weighted by molar-refractivity contribution is 0.436. The van der Waals surface area contributed by atoms with E-state index in [0.29, 0.717) is 5.95 Å². The Balaban J connectivity index is 0.920. The van der Waals surface area contributed by atoms with Crippen molar-refractivity contribution in [2.75, 3.05) is 0 Å². The lowest BCUT2D eigenvalue weighted by atomic mass is 9.66. The zero-order valence-electron chi connectivity index (χ0n) is 41.2. The molecule has 2 aliphatic rings. The van der Waals surface area contributed by atoms with Crippen LogP contribution in [-0.4, -0.2) is 14.5 Å². The van der Waals surface area contributed by atoms with Crippen molar-refractivity contribution in [3.63, 3.8) is 0 Å². The molecular weight excluding hydrogens is 943 g/mol. The molecule has 5 heterocycles. The van der Waals surface area contributed by atoms with E-state index in [-0.39, 0.29) is 0 Å². The Morgan fingerprint density at radius 2 is 0.896 bits per heavy atom. The van der Waals surface area contributed by atoms with E-state index in [9.17, 15) is 0 Å². The molecule has 0 radical (unpaired) electrons. The van der Waals surface area contributed by atoms with Crippen molar-refractivity contribution in [2.24, 2.45) is 0 Å². The van der Waals surface area contributed by atoms with E-state index in [1.54, 1.807) is 0 Å². The van der Waals surface area contributed by atoms with Crippen molar-refractivity contribution in [1.82, 2.24) is 14.5 Å². The number of nitrogens with zero attached hydrogens (tertiary/aromatic N) is 3. The van der Waals surface area contributed by atoms with E-state index in [1.165, 1.54) is 22.3 Å². The van der Waals surface area contributed by atoms with Gasteiger partial charge in [0.05, 0.1) is 27.8 Å². The van der Waals surface area contributed by atoms with Gasteiger partial charge in [0.1, 0.15) is 33.8 Å². The molecule has 1 spiro atoms. The van der Waals surface area contributed by atoms with Crippen LogP contribution in [0.3, 0.4) is 0 Å². The molecule has 0 saturated carbocycles. The van der Waals surface area contributed by atoms with E-state index in [2.05, 4.69) is 223 Å². The van der Waals surface area contributed by atoms with Gasteiger partial charge in [0.2, 0.25) is 5.95 Å². The summed E-state index contributed by atoms with van der Waals surface area (Å²) in [6.45, 7) is 0. The maximum Gasteiger partial charge on any atom is 0.235 e. The molecule has 6 heteroatoms. The van der Waals surface area contributed by atoms with Crippen molar-refractivity contribution in [2.45, 2.75) is 5.41 Å². The molecule has 17 rings (SSSR count). The van der Waals surface area contributed by atoms with Gasteiger partial charge >= 0.3 is 0 Å². The summed E-state index contributed by atoms with van der Waals surface area (Å²) in [6.07, 6.45) is 0. The standard InChI is InChI=1S/C71H41N3O3/c1-2-15-42(16-3-1)59-41-60(46-32-36-65-54(38-46)51-18-5-10-24-63(51)75-65)73-70(72-59)74-61-35-31-45(47-20-14-28-68-69(47)52-19-6-11-25-64(52)76-68)37-53(61)50-34-30-44(40-62(50)74)43-29-33-49-48-17-4-7-21-55(48)71(58(49)39-43)56-22-8-12-26-66(56)77-67-27-13-9-23-57(67)71/h1-41H. The number of hydrogen-bond donors (Lipinski definition) is 0. The SMILES string of the molecule is c1ccc(-c2cc(-c3ccc4oc5ccccc5c4c3)nc(-n3c4ccc(-c5cccc6oc7ccccc7c56)cc4c4ccc(-c5ccc6c(c5)C5(c7ccccc7Oc7ccccc75)c5ccccc5-6)cc43)n2)cc1. The largest absolute Gasteiger partial charge is 0.457 e. The minimum absolute atomic E-state index is 0.574. The van der Waals surface area contributed by atoms with Crippen LogP contribution in [0.25, 0.3) is 128 Å². The average Bonchev–Trinajstić information content (AvgIpc) is 4.41. The topological polar surface area (TPSA) is 66.2 Å². The predicted octanol–water partition coefficient (Wildman–Crippen LogP) is 18.5. The van der Waals surface area contributed by atoms with Crippen LogP contribution >= 0.6 is 0 Å². The van der Waals surface area contributed by atoms with Crippen LogP contribution in [0.4, 0.5) is 0 Å². The highest BCUT2D eigenvalue weighted by Gasteiger charge is 2.51. The van der Waals surface area contributed by atoms with Crippen LogP contribution in [0.2, 0.25) is 0 Å². The first-order chi connectivity index (χ1) is 38.1. The maximum atomic E-state index is 6.70. The smallest absolute Gasteiger partial charge is 0.235 e. The molecule has 358 valence electrons. The quantitative estimate of drug-likeness (QED) is 0.172. The molecule has 0 bridgehead atoms. The van der Waals surface area contributed by atoms with Gasteiger partial charge in [-0.15, -0.1) is 0 Å².